The summed E-state index contributed by atoms with van der Waals surface area (Å²) in [7, 11) is 0. The van der Waals surface area contributed by atoms with Crippen LogP contribution in [0.15, 0.2) is 42.5 Å². The topological polar surface area (TPSA) is 75.9 Å². The lowest BCUT2D eigenvalue weighted by molar-refractivity contribution is -0.384. The van der Waals surface area contributed by atoms with E-state index in [1.807, 2.05) is 4.90 Å². The lowest BCUT2D eigenvalue weighted by Gasteiger charge is -2.35. The van der Waals surface area contributed by atoms with Crippen molar-refractivity contribution < 1.29 is 14.5 Å². The Morgan fingerprint density at radius 3 is 2.30 bits per heavy atom. The average Bonchev–Trinajstić information content (AvgIpc) is 2.67. The quantitative estimate of drug-likeness (QED) is 0.556. The minimum atomic E-state index is -0.446. The van der Waals surface area contributed by atoms with Gasteiger partial charge in [-0.1, -0.05) is 23.2 Å². The van der Waals surface area contributed by atoms with Crippen molar-refractivity contribution in [2.24, 2.45) is 0 Å². The molecule has 142 valence electrons. The molecule has 1 amide bonds. The van der Waals surface area contributed by atoms with Crippen LogP contribution < -0.4 is 9.64 Å². The van der Waals surface area contributed by atoms with Crippen molar-refractivity contribution in [3.8, 4) is 5.75 Å². The largest absolute Gasteiger partial charge is 0.484 e. The summed E-state index contributed by atoms with van der Waals surface area (Å²) in [6, 6.07) is 11.4. The van der Waals surface area contributed by atoms with Gasteiger partial charge in [0.1, 0.15) is 11.4 Å². The lowest BCUT2D eigenvalue weighted by Crippen LogP contribution is -2.50. The molecule has 2 aromatic rings. The third-order valence-electron chi connectivity index (χ3n) is 4.28. The second-order valence-electron chi connectivity index (χ2n) is 6.00. The standard InChI is InChI=1S/C18H17Cl2N3O4/c19-13-1-4-15(5-2-13)27-12-18(24)22-9-7-21(8-10-22)16-6-3-14(20)11-17(16)23(25)26/h1-6,11H,7-10,12H2. The first-order chi connectivity index (χ1) is 12.9. The van der Waals surface area contributed by atoms with E-state index in [-0.39, 0.29) is 18.2 Å². The number of nitro benzene ring substituents is 1. The van der Waals surface area contributed by atoms with Gasteiger partial charge in [-0.3, -0.25) is 14.9 Å². The van der Waals surface area contributed by atoms with Crippen molar-refractivity contribution in [2.45, 2.75) is 0 Å². The fourth-order valence-electron chi connectivity index (χ4n) is 2.87. The predicted octanol–water partition coefficient (Wildman–Crippen LogP) is 3.63. The molecule has 0 N–H and O–H groups in total. The van der Waals surface area contributed by atoms with E-state index in [2.05, 4.69) is 0 Å². The highest BCUT2D eigenvalue weighted by Crippen LogP contribution is 2.31. The molecule has 0 aliphatic carbocycles. The Bertz CT molecular complexity index is 837. The molecule has 0 radical (unpaired) electrons. The first-order valence-corrected chi connectivity index (χ1v) is 9.04. The molecular weight excluding hydrogens is 393 g/mol. The van der Waals surface area contributed by atoms with Gasteiger partial charge in [-0.2, -0.15) is 0 Å². The van der Waals surface area contributed by atoms with E-state index in [1.54, 1.807) is 41.3 Å². The SMILES string of the molecule is O=C(COc1ccc(Cl)cc1)N1CCN(c2ccc(Cl)cc2[N+](=O)[O-])CC1. The summed E-state index contributed by atoms with van der Waals surface area (Å²) < 4.78 is 5.48. The lowest BCUT2D eigenvalue weighted by atomic mass is 10.2. The van der Waals surface area contributed by atoms with Crippen LogP contribution in [0.1, 0.15) is 0 Å². The highest BCUT2D eigenvalue weighted by molar-refractivity contribution is 6.31. The van der Waals surface area contributed by atoms with Gasteiger partial charge in [0, 0.05) is 42.3 Å². The van der Waals surface area contributed by atoms with Crippen LogP contribution in [-0.2, 0) is 4.79 Å². The fourth-order valence-corrected chi connectivity index (χ4v) is 3.17. The van der Waals surface area contributed by atoms with Crippen molar-refractivity contribution >= 4 is 40.5 Å². The average molecular weight is 410 g/mol. The number of hydrogen-bond acceptors (Lipinski definition) is 5. The van der Waals surface area contributed by atoms with Crippen LogP contribution in [-0.4, -0.2) is 48.5 Å². The van der Waals surface area contributed by atoms with E-state index in [0.717, 1.165) is 0 Å². The maximum atomic E-state index is 12.3. The maximum absolute atomic E-state index is 12.3. The summed E-state index contributed by atoms with van der Waals surface area (Å²) in [5, 5.41) is 12.2. The Morgan fingerprint density at radius 2 is 1.67 bits per heavy atom. The first kappa shape index (κ1) is 19.3. The third-order valence-corrected chi connectivity index (χ3v) is 4.77. The van der Waals surface area contributed by atoms with Crippen molar-refractivity contribution in [3.05, 3.63) is 62.6 Å². The summed E-state index contributed by atoms with van der Waals surface area (Å²) in [4.78, 5) is 26.7. The van der Waals surface area contributed by atoms with Gasteiger partial charge < -0.3 is 14.5 Å². The number of carbonyl (C=O) groups excluding carboxylic acids is 1. The molecule has 0 atom stereocenters. The predicted molar refractivity (Wildman–Crippen MR) is 104 cm³/mol. The zero-order valence-electron chi connectivity index (χ0n) is 14.3. The highest BCUT2D eigenvalue weighted by Gasteiger charge is 2.26. The first-order valence-electron chi connectivity index (χ1n) is 8.29. The Labute approximate surface area is 166 Å². The number of carbonyl (C=O) groups is 1. The summed E-state index contributed by atoms with van der Waals surface area (Å²) in [6.45, 7) is 1.85. The molecule has 1 heterocycles. The number of benzene rings is 2. The Hall–Kier alpha value is -2.51. The molecule has 1 fully saturated rings. The van der Waals surface area contributed by atoms with E-state index in [0.29, 0.717) is 47.7 Å². The highest BCUT2D eigenvalue weighted by atomic mass is 35.5. The second kappa shape index (κ2) is 8.45. The van der Waals surface area contributed by atoms with Crippen LogP contribution in [0.25, 0.3) is 0 Å². The molecule has 3 rings (SSSR count). The zero-order valence-corrected chi connectivity index (χ0v) is 15.8. The van der Waals surface area contributed by atoms with Gasteiger partial charge in [0.25, 0.3) is 11.6 Å². The van der Waals surface area contributed by atoms with Crippen LogP contribution >= 0.6 is 23.2 Å². The Kier molecular flexibility index (Phi) is 6.03. The summed E-state index contributed by atoms with van der Waals surface area (Å²) >= 11 is 11.7. The number of amides is 1. The van der Waals surface area contributed by atoms with Crippen molar-refractivity contribution in [2.75, 3.05) is 37.7 Å². The molecule has 1 saturated heterocycles. The number of anilines is 1. The third kappa shape index (κ3) is 4.81. The number of nitrogens with zero attached hydrogens (tertiary/aromatic N) is 3. The van der Waals surface area contributed by atoms with Crippen LogP contribution in [0.3, 0.4) is 0 Å². The summed E-state index contributed by atoms with van der Waals surface area (Å²) in [5.41, 5.74) is 0.474. The molecule has 27 heavy (non-hydrogen) atoms. The minimum absolute atomic E-state index is 0.0339. The van der Waals surface area contributed by atoms with Crippen molar-refractivity contribution in [1.82, 2.24) is 4.90 Å². The number of hydrogen-bond donors (Lipinski definition) is 0. The van der Waals surface area contributed by atoms with Gasteiger partial charge in [0.15, 0.2) is 6.61 Å². The molecule has 7 nitrogen and oxygen atoms in total. The molecule has 1 aliphatic heterocycles. The maximum Gasteiger partial charge on any atom is 0.294 e. The number of halogens is 2. The number of piperazine rings is 1. The van der Waals surface area contributed by atoms with Crippen LogP contribution in [0.2, 0.25) is 10.0 Å². The van der Waals surface area contributed by atoms with E-state index in [9.17, 15) is 14.9 Å². The monoisotopic (exact) mass is 409 g/mol. The Morgan fingerprint density at radius 1 is 1.04 bits per heavy atom. The number of nitro groups is 1. The molecule has 1 aliphatic rings. The second-order valence-corrected chi connectivity index (χ2v) is 6.87. The van der Waals surface area contributed by atoms with Gasteiger partial charge in [-0.15, -0.1) is 0 Å². The van der Waals surface area contributed by atoms with Crippen LogP contribution in [0, 0.1) is 10.1 Å². The molecule has 9 heteroatoms. The Balaban J connectivity index is 1.56. The summed E-state index contributed by atoms with van der Waals surface area (Å²) in [6.07, 6.45) is 0. The molecule has 0 unspecified atom stereocenters. The van der Waals surface area contributed by atoms with Gasteiger partial charge in [0.2, 0.25) is 0 Å². The molecular formula is C18H17Cl2N3O4. The van der Waals surface area contributed by atoms with Crippen LogP contribution in [0.5, 0.6) is 5.75 Å². The van der Waals surface area contributed by atoms with E-state index < -0.39 is 4.92 Å². The van der Waals surface area contributed by atoms with E-state index >= 15 is 0 Å². The van der Waals surface area contributed by atoms with Gasteiger partial charge >= 0.3 is 0 Å². The molecule has 0 bridgehead atoms. The minimum Gasteiger partial charge on any atom is -0.484 e. The number of ether oxygens (including phenoxy) is 1. The van der Waals surface area contributed by atoms with Crippen molar-refractivity contribution in [3.63, 3.8) is 0 Å². The zero-order chi connectivity index (χ0) is 19.4. The van der Waals surface area contributed by atoms with E-state index in [4.69, 9.17) is 27.9 Å². The normalized spacial score (nSPS) is 14.1. The molecule has 0 spiro atoms. The van der Waals surface area contributed by atoms with Gasteiger partial charge in [-0.05, 0) is 36.4 Å². The van der Waals surface area contributed by atoms with Gasteiger partial charge in [0.05, 0.1) is 4.92 Å². The van der Waals surface area contributed by atoms with Gasteiger partial charge in [-0.25, -0.2) is 0 Å². The van der Waals surface area contributed by atoms with E-state index in [1.165, 1.54) is 6.07 Å². The number of rotatable bonds is 5. The molecule has 0 aromatic heterocycles. The summed E-state index contributed by atoms with van der Waals surface area (Å²) in [5.74, 6) is 0.443. The smallest absolute Gasteiger partial charge is 0.294 e. The molecule has 0 saturated carbocycles. The fraction of sp³-hybridized carbons (Fsp3) is 0.278. The molecule has 2 aromatic carbocycles. The van der Waals surface area contributed by atoms with Crippen molar-refractivity contribution in [1.29, 1.82) is 0 Å². The van der Waals surface area contributed by atoms with Crippen LogP contribution in [0.4, 0.5) is 11.4 Å².